The third-order valence-corrected chi connectivity index (χ3v) is 5.08. The Balaban J connectivity index is 1.55. The minimum atomic E-state index is -0.309. The van der Waals surface area contributed by atoms with Crippen LogP contribution in [0.4, 0.5) is 4.79 Å². The molecule has 2 aromatic heterocycles. The van der Waals surface area contributed by atoms with E-state index in [1.54, 1.807) is 15.5 Å². The predicted molar refractivity (Wildman–Crippen MR) is 103 cm³/mol. The van der Waals surface area contributed by atoms with Crippen molar-refractivity contribution in [2.75, 3.05) is 6.54 Å². The molecule has 0 bridgehead atoms. The fraction of sp³-hybridized carbons (Fsp3) is 0.350. The summed E-state index contributed by atoms with van der Waals surface area (Å²) in [7, 11) is 0. The molecule has 0 N–H and O–H groups in total. The number of carbonyl (C=O) groups is 1. The van der Waals surface area contributed by atoms with Crippen LogP contribution in [-0.2, 0) is 11.3 Å². The van der Waals surface area contributed by atoms with Gasteiger partial charge in [0.2, 0.25) is 0 Å². The average Bonchev–Trinajstić information content (AvgIpc) is 3.11. The predicted octanol–water partition coefficient (Wildman–Crippen LogP) is 4.55. The summed E-state index contributed by atoms with van der Waals surface area (Å²) < 4.78 is 7.16. The highest BCUT2D eigenvalue weighted by Gasteiger charge is 2.31. The lowest BCUT2D eigenvalue weighted by atomic mass is 10.00. The van der Waals surface area contributed by atoms with Crippen LogP contribution in [0.25, 0.3) is 5.65 Å². The molecule has 6 nitrogen and oxygen atoms in total. The molecule has 1 aromatic carbocycles. The van der Waals surface area contributed by atoms with E-state index in [2.05, 4.69) is 10.1 Å². The van der Waals surface area contributed by atoms with Crippen LogP contribution < -0.4 is 0 Å². The lowest BCUT2D eigenvalue weighted by Crippen LogP contribution is -2.39. The average molecular weight is 385 g/mol. The van der Waals surface area contributed by atoms with Gasteiger partial charge in [-0.05, 0) is 37.8 Å². The van der Waals surface area contributed by atoms with Gasteiger partial charge in [0, 0.05) is 18.3 Å². The van der Waals surface area contributed by atoms with Crippen LogP contribution in [0.1, 0.15) is 42.3 Å². The van der Waals surface area contributed by atoms with Gasteiger partial charge < -0.3 is 4.74 Å². The normalized spacial score (nSPS) is 17.3. The third-order valence-electron chi connectivity index (χ3n) is 4.81. The molecule has 4 rings (SSSR count). The summed E-state index contributed by atoms with van der Waals surface area (Å²) in [5, 5.41) is 5.11. The molecule has 0 unspecified atom stereocenters. The number of carbonyl (C=O) groups excluding carboxylic acids is 1. The van der Waals surface area contributed by atoms with E-state index in [0.29, 0.717) is 17.3 Å². The molecule has 3 aromatic rings. The van der Waals surface area contributed by atoms with Crippen molar-refractivity contribution < 1.29 is 9.53 Å². The van der Waals surface area contributed by atoms with Gasteiger partial charge in [0.15, 0.2) is 5.65 Å². The molecule has 1 aliphatic rings. The number of hydrogen-bond acceptors (Lipinski definition) is 4. The van der Waals surface area contributed by atoms with Crippen molar-refractivity contribution in [3.63, 3.8) is 0 Å². The number of fused-ring (bicyclic) bond motifs is 1. The van der Waals surface area contributed by atoms with Gasteiger partial charge in [-0.1, -0.05) is 41.9 Å². The van der Waals surface area contributed by atoms with E-state index in [9.17, 15) is 4.79 Å². The molecule has 0 aliphatic carbocycles. The Morgan fingerprint density at radius 2 is 2.07 bits per heavy atom. The molecule has 0 saturated carbocycles. The number of ether oxygens (including phenoxy) is 1. The molecule has 140 valence electrons. The molecule has 1 saturated heterocycles. The van der Waals surface area contributed by atoms with Crippen LogP contribution in [-0.4, -0.2) is 32.1 Å². The summed E-state index contributed by atoms with van der Waals surface area (Å²) in [4.78, 5) is 19.0. The Morgan fingerprint density at radius 3 is 2.89 bits per heavy atom. The number of rotatable bonds is 3. The Morgan fingerprint density at radius 1 is 1.26 bits per heavy atom. The van der Waals surface area contributed by atoms with E-state index in [1.807, 2.05) is 43.3 Å². The van der Waals surface area contributed by atoms with Crippen molar-refractivity contribution in [1.82, 2.24) is 19.5 Å². The Hall–Kier alpha value is -2.60. The first-order chi connectivity index (χ1) is 13.1. The number of aryl methyl sites for hydroxylation is 1. The van der Waals surface area contributed by atoms with Gasteiger partial charge >= 0.3 is 6.09 Å². The van der Waals surface area contributed by atoms with Crippen LogP contribution in [0, 0.1) is 6.92 Å². The van der Waals surface area contributed by atoms with Gasteiger partial charge in [-0.2, -0.15) is 5.10 Å². The summed E-state index contributed by atoms with van der Waals surface area (Å²) in [5.74, 6) is 0. The van der Waals surface area contributed by atoms with Crippen molar-refractivity contribution in [2.45, 2.75) is 38.8 Å². The van der Waals surface area contributed by atoms with E-state index >= 15 is 0 Å². The number of aromatic nitrogens is 3. The Bertz CT molecular complexity index is 957. The third kappa shape index (κ3) is 3.76. The zero-order valence-corrected chi connectivity index (χ0v) is 15.9. The topological polar surface area (TPSA) is 59.7 Å². The van der Waals surface area contributed by atoms with Crippen molar-refractivity contribution >= 4 is 23.3 Å². The number of hydrogen-bond donors (Lipinski definition) is 0. The minimum Gasteiger partial charge on any atom is -0.445 e. The molecule has 27 heavy (non-hydrogen) atoms. The summed E-state index contributed by atoms with van der Waals surface area (Å²) >= 11 is 6.29. The molecule has 1 aliphatic heterocycles. The van der Waals surface area contributed by atoms with Gasteiger partial charge in [0.1, 0.15) is 11.8 Å². The van der Waals surface area contributed by atoms with Gasteiger partial charge in [-0.15, -0.1) is 0 Å². The Labute approximate surface area is 162 Å². The highest BCUT2D eigenvalue weighted by molar-refractivity contribution is 6.29. The first-order valence-electron chi connectivity index (χ1n) is 9.12. The number of halogens is 1. The quantitative estimate of drug-likeness (QED) is 0.621. The molecular formula is C20H21ClN4O2. The zero-order chi connectivity index (χ0) is 18.8. The van der Waals surface area contributed by atoms with E-state index in [0.717, 1.165) is 36.2 Å². The van der Waals surface area contributed by atoms with Crippen molar-refractivity contribution in [3.05, 3.63) is 64.6 Å². The molecule has 7 heteroatoms. The standard InChI is InChI=1S/C20H21ClN4O2/c1-14-11-18(21)25-19(22-14)12-16(23-25)17-9-5-6-10-24(17)20(26)27-13-15-7-3-2-4-8-15/h2-4,7-8,11-12,17H,5-6,9-10,13H2,1H3/t17-/m0/s1. The van der Waals surface area contributed by atoms with Crippen molar-refractivity contribution in [3.8, 4) is 0 Å². The van der Waals surface area contributed by atoms with Crippen LogP contribution in [0.3, 0.4) is 0 Å². The Kier molecular flexibility index (Phi) is 4.99. The summed E-state index contributed by atoms with van der Waals surface area (Å²) in [6.45, 7) is 2.82. The second kappa shape index (κ2) is 7.56. The van der Waals surface area contributed by atoms with Crippen LogP contribution in [0.5, 0.6) is 0 Å². The van der Waals surface area contributed by atoms with Crippen LogP contribution in [0.2, 0.25) is 5.15 Å². The van der Waals surface area contributed by atoms with Crippen LogP contribution in [0.15, 0.2) is 42.5 Å². The van der Waals surface area contributed by atoms with Gasteiger partial charge in [0.05, 0.1) is 11.7 Å². The zero-order valence-electron chi connectivity index (χ0n) is 15.1. The number of benzene rings is 1. The summed E-state index contributed by atoms with van der Waals surface area (Å²) in [6, 6.07) is 13.3. The van der Waals surface area contributed by atoms with Gasteiger partial charge in [-0.25, -0.2) is 14.3 Å². The second-order valence-electron chi connectivity index (χ2n) is 6.80. The second-order valence-corrected chi connectivity index (χ2v) is 7.19. The van der Waals surface area contributed by atoms with Crippen molar-refractivity contribution in [2.24, 2.45) is 0 Å². The van der Waals surface area contributed by atoms with Gasteiger partial charge in [0.25, 0.3) is 0 Å². The first kappa shape index (κ1) is 17.8. The highest BCUT2D eigenvalue weighted by atomic mass is 35.5. The number of nitrogens with zero attached hydrogens (tertiary/aromatic N) is 4. The SMILES string of the molecule is Cc1cc(Cl)n2nc([C@@H]3CCCCN3C(=O)OCc3ccccc3)cc2n1. The summed E-state index contributed by atoms with van der Waals surface area (Å²) in [5.41, 5.74) is 3.30. The maximum Gasteiger partial charge on any atom is 0.410 e. The number of amides is 1. The fourth-order valence-electron chi connectivity index (χ4n) is 3.49. The van der Waals surface area contributed by atoms with Crippen LogP contribution >= 0.6 is 11.6 Å². The maximum absolute atomic E-state index is 12.7. The van der Waals surface area contributed by atoms with Gasteiger partial charge in [-0.3, -0.25) is 4.90 Å². The summed E-state index contributed by atoms with van der Waals surface area (Å²) in [6.07, 6.45) is 2.54. The molecule has 1 fully saturated rings. The van der Waals surface area contributed by atoms with E-state index in [4.69, 9.17) is 16.3 Å². The number of likely N-dealkylation sites (tertiary alicyclic amines) is 1. The molecule has 1 atom stereocenters. The number of piperidine rings is 1. The molecule has 1 amide bonds. The molecule has 0 spiro atoms. The molecular weight excluding hydrogens is 364 g/mol. The molecule has 3 heterocycles. The van der Waals surface area contributed by atoms with Crippen molar-refractivity contribution in [1.29, 1.82) is 0 Å². The highest BCUT2D eigenvalue weighted by Crippen LogP contribution is 2.31. The van der Waals surface area contributed by atoms with E-state index < -0.39 is 0 Å². The first-order valence-corrected chi connectivity index (χ1v) is 9.50. The monoisotopic (exact) mass is 384 g/mol. The molecule has 0 radical (unpaired) electrons. The fourth-order valence-corrected chi connectivity index (χ4v) is 3.78. The van der Waals surface area contributed by atoms with E-state index in [-0.39, 0.29) is 18.7 Å². The largest absolute Gasteiger partial charge is 0.445 e. The smallest absolute Gasteiger partial charge is 0.410 e. The maximum atomic E-state index is 12.7. The lowest BCUT2D eigenvalue weighted by Gasteiger charge is -2.33. The minimum absolute atomic E-state index is 0.125. The van der Waals surface area contributed by atoms with E-state index in [1.165, 1.54) is 0 Å². The lowest BCUT2D eigenvalue weighted by molar-refractivity contribution is 0.0668.